The average Bonchev–Trinajstić information content (AvgIpc) is 2.83. The van der Waals surface area contributed by atoms with Gasteiger partial charge in [-0.1, -0.05) is 18.2 Å². The first-order valence-corrected chi connectivity index (χ1v) is 11.7. The molecule has 7 heteroatoms. The van der Waals surface area contributed by atoms with Crippen LogP contribution < -0.4 is 14.4 Å². The number of likely N-dealkylation sites (N-methyl/N-ethyl adjacent to an activating group) is 1. The molecular weight excluding hydrogens is 416 g/mol. The second-order valence-corrected chi connectivity index (χ2v) is 8.95. The fourth-order valence-corrected chi connectivity index (χ4v) is 4.78. The quantitative estimate of drug-likeness (QED) is 0.576. The number of anilines is 1. The molecule has 0 saturated carbocycles. The molecule has 0 radical (unpaired) electrons. The first kappa shape index (κ1) is 21.6. The topological polar surface area (TPSA) is 67.8 Å². The van der Waals surface area contributed by atoms with Gasteiger partial charge in [-0.2, -0.15) is 0 Å². The normalized spacial score (nSPS) is 17.2. The lowest BCUT2D eigenvalue weighted by molar-refractivity contribution is -0.121. The first-order valence-electron chi connectivity index (χ1n) is 11.7. The number of ether oxygens (including phenoxy) is 2. The fraction of sp³-hybridized carbons (Fsp3) is 0.423. The third-order valence-corrected chi connectivity index (χ3v) is 6.74. The molecule has 5 rings (SSSR count). The summed E-state index contributed by atoms with van der Waals surface area (Å²) in [6, 6.07) is 12.1. The average molecular weight is 447 g/mol. The number of carbonyl (C=O) groups is 1. The van der Waals surface area contributed by atoms with Crippen molar-refractivity contribution in [3.05, 3.63) is 54.0 Å². The number of para-hydroxylation sites is 1. The van der Waals surface area contributed by atoms with E-state index in [0.717, 1.165) is 72.8 Å². The van der Waals surface area contributed by atoms with Crippen LogP contribution in [-0.4, -0.2) is 60.7 Å². The molecular formula is C26H30N4O3. The Hall–Kier alpha value is -3.19. The van der Waals surface area contributed by atoms with Gasteiger partial charge in [-0.25, -0.2) is 9.97 Å². The van der Waals surface area contributed by atoms with E-state index in [4.69, 9.17) is 9.47 Å². The molecule has 0 bridgehead atoms. The van der Waals surface area contributed by atoms with Crippen LogP contribution in [-0.2, 0) is 11.2 Å². The van der Waals surface area contributed by atoms with Crippen LogP contribution in [0.25, 0.3) is 10.9 Å². The molecule has 2 aliphatic heterocycles. The van der Waals surface area contributed by atoms with Gasteiger partial charge in [-0.15, -0.1) is 0 Å². The number of nitrogens with zero attached hydrogens (tertiary/aromatic N) is 4. The highest BCUT2D eigenvalue weighted by atomic mass is 16.5. The van der Waals surface area contributed by atoms with Gasteiger partial charge < -0.3 is 14.4 Å². The molecule has 0 spiro atoms. The van der Waals surface area contributed by atoms with Gasteiger partial charge in [0, 0.05) is 19.8 Å². The number of aromatic nitrogens is 2. The number of hydrogen-bond donors (Lipinski definition) is 0. The number of amides is 1. The first-order chi connectivity index (χ1) is 16.1. The third-order valence-electron chi connectivity index (χ3n) is 6.74. The summed E-state index contributed by atoms with van der Waals surface area (Å²) in [5.41, 5.74) is 3.01. The highest BCUT2D eigenvalue weighted by Crippen LogP contribution is 2.37. The van der Waals surface area contributed by atoms with Gasteiger partial charge in [0.25, 0.3) is 5.91 Å². The molecule has 3 aromatic rings. The lowest BCUT2D eigenvalue weighted by Crippen LogP contribution is -2.37. The molecule has 1 fully saturated rings. The summed E-state index contributed by atoms with van der Waals surface area (Å²) in [7, 11) is 1.82. The fourth-order valence-electron chi connectivity index (χ4n) is 4.78. The van der Waals surface area contributed by atoms with Crippen molar-refractivity contribution in [3.63, 3.8) is 0 Å². The highest BCUT2D eigenvalue weighted by Gasteiger charge is 2.26. The van der Waals surface area contributed by atoms with Crippen molar-refractivity contribution in [1.82, 2.24) is 14.9 Å². The number of fused-ring (bicyclic) bond motifs is 2. The van der Waals surface area contributed by atoms with Crippen LogP contribution in [0, 0.1) is 12.8 Å². The van der Waals surface area contributed by atoms with Crippen molar-refractivity contribution in [1.29, 1.82) is 0 Å². The number of aryl methyl sites for hydroxylation is 1. The SMILES string of the molecule is Cc1ncc2c(OCCN3CCC(Cc4cccc5c4OCC(=O)N5C)CC3)cccc2n1. The summed E-state index contributed by atoms with van der Waals surface area (Å²) in [5.74, 6) is 3.12. The van der Waals surface area contributed by atoms with E-state index in [1.165, 1.54) is 5.56 Å². The van der Waals surface area contributed by atoms with E-state index < -0.39 is 0 Å². The van der Waals surface area contributed by atoms with Gasteiger partial charge >= 0.3 is 0 Å². The zero-order chi connectivity index (χ0) is 22.8. The van der Waals surface area contributed by atoms with E-state index in [1.807, 2.05) is 50.5 Å². The molecule has 1 aromatic heterocycles. The van der Waals surface area contributed by atoms with Gasteiger partial charge in [0.05, 0.1) is 16.6 Å². The van der Waals surface area contributed by atoms with Crippen molar-refractivity contribution in [2.24, 2.45) is 5.92 Å². The van der Waals surface area contributed by atoms with Crippen LogP contribution >= 0.6 is 0 Å². The summed E-state index contributed by atoms with van der Waals surface area (Å²) in [6.07, 6.45) is 5.14. The molecule has 7 nitrogen and oxygen atoms in total. The molecule has 1 amide bonds. The van der Waals surface area contributed by atoms with Crippen LogP contribution in [0.1, 0.15) is 24.2 Å². The lowest BCUT2D eigenvalue weighted by Gasteiger charge is -2.33. The number of benzene rings is 2. The van der Waals surface area contributed by atoms with E-state index in [1.54, 1.807) is 4.90 Å². The van der Waals surface area contributed by atoms with Gasteiger partial charge in [0.2, 0.25) is 0 Å². The summed E-state index contributed by atoms with van der Waals surface area (Å²) >= 11 is 0. The predicted octanol–water partition coefficient (Wildman–Crippen LogP) is 3.63. The summed E-state index contributed by atoms with van der Waals surface area (Å²) in [4.78, 5) is 24.9. The van der Waals surface area contributed by atoms with Crippen LogP contribution in [0.4, 0.5) is 5.69 Å². The van der Waals surface area contributed by atoms with E-state index in [9.17, 15) is 4.79 Å². The maximum atomic E-state index is 11.9. The minimum absolute atomic E-state index is 0.00122. The van der Waals surface area contributed by atoms with Crippen molar-refractivity contribution in [2.45, 2.75) is 26.2 Å². The minimum Gasteiger partial charge on any atom is -0.491 e. The van der Waals surface area contributed by atoms with Crippen molar-refractivity contribution >= 4 is 22.5 Å². The van der Waals surface area contributed by atoms with Crippen LogP contribution in [0.15, 0.2) is 42.6 Å². The molecule has 0 N–H and O–H groups in total. The van der Waals surface area contributed by atoms with Crippen molar-refractivity contribution < 1.29 is 14.3 Å². The molecule has 0 atom stereocenters. The Morgan fingerprint density at radius 2 is 1.97 bits per heavy atom. The Kier molecular flexibility index (Phi) is 6.13. The Morgan fingerprint density at radius 3 is 2.82 bits per heavy atom. The molecule has 0 aliphatic carbocycles. The lowest BCUT2D eigenvalue weighted by atomic mass is 9.89. The second-order valence-electron chi connectivity index (χ2n) is 8.95. The van der Waals surface area contributed by atoms with E-state index in [2.05, 4.69) is 20.9 Å². The van der Waals surface area contributed by atoms with Crippen LogP contribution in [0.2, 0.25) is 0 Å². The van der Waals surface area contributed by atoms with Gasteiger partial charge in [0.1, 0.15) is 23.9 Å². The summed E-state index contributed by atoms with van der Waals surface area (Å²) < 4.78 is 11.9. The minimum atomic E-state index is 0.00122. The molecule has 1 saturated heterocycles. The number of rotatable bonds is 6. The van der Waals surface area contributed by atoms with Crippen molar-refractivity contribution in [3.8, 4) is 11.5 Å². The number of carbonyl (C=O) groups excluding carboxylic acids is 1. The highest BCUT2D eigenvalue weighted by molar-refractivity contribution is 5.97. The Balaban J connectivity index is 1.13. The van der Waals surface area contributed by atoms with Gasteiger partial charge in [0.15, 0.2) is 6.61 Å². The maximum absolute atomic E-state index is 11.9. The van der Waals surface area contributed by atoms with E-state index in [0.29, 0.717) is 12.5 Å². The Bertz CT molecular complexity index is 1160. The largest absolute Gasteiger partial charge is 0.491 e. The summed E-state index contributed by atoms with van der Waals surface area (Å²) in [5, 5.41) is 0.961. The number of hydrogen-bond acceptors (Lipinski definition) is 6. The smallest absolute Gasteiger partial charge is 0.264 e. The van der Waals surface area contributed by atoms with Gasteiger partial charge in [-0.3, -0.25) is 9.69 Å². The molecule has 3 heterocycles. The monoisotopic (exact) mass is 446 g/mol. The van der Waals surface area contributed by atoms with E-state index in [-0.39, 0.29) is 12.5 Å². The molecule has 33 heavy (non-hydrogen) atoms. The van der Waals surface area contributed by atoms with E-state index >= 15 is 0 Å². The van der Waals surface area contributed by atoms with Gasteiger partial charge in [-0.05, 0) is 69.0 Å². The van der Waals surface area contributed by atoms with Crippen LogP contribution in [0.3, 0.4) is 0 Å². The van der Waals surface area contributed by atoms with Crippen LogP contribution in [0.5, 0.6) is 11.5 Å². The molecule has 0 unspecified atom stereocenters. The summed E-state index contributed by atoms with van der Waals surface area (Å²) in [6.45, 7) is 5.72. The number of piperidine rings is 1. The predicted molar refractivity (Wildman–Crippen MR) is 128 cm³/mol. The molecule has 172 valence electrons. The zero-order valence-corrected chi connectivity index (χ0v) is 19.3. The second kappa shape index (κ2) is 9.35. The Labute approximate surface area is 194 Å². The standard InChI is InChI=1S/C26H30N4O3/c1-18-27-16-21-22(28-18)6-4-8-24(21)32-14-13-30-11-9-19(10-12-30)15-20-5-3-7-23-26(20)33-17-25(31)29(23)2/h3-8,16,19H,9-15,17H2,1-2H3. The number of likely N-dealkylation sites (tertiary alicyclic amines) is 1. The maximum Gasteiger partial charge on any atom is 0.264 e. The molecule has 2 aliphatic rings. The Morgan fingerprint density at radius 1 is 1.15 bits per heavy atom. The molecule has 2 aromatic carbocycles. The van der Waals surface area contributed by atoms with Crippen molar-refractivity contribution in [2.75, 3.05) is 44.8 Å². The third kappa shape index (κ3) is 4.64. The zero-order valence-electron chi connectivity index (χ0n) is 19.3.